The lowest BCUT2D eigenvalue weighted by Gasteiger charge is -2.35. The predicted molar refractivity (Wildman–Crippen MR) is 113 cm³/mol. The Labute approximate surface area is 174 Å². The molecule has 4 heterocycles. The average Bonchev–Trinajstić information content (AvgIpc) is 3.54. The van der Waals surface area contributed by atoms with Crippen LogP contribution in [0.25, 0.3) is 11.5 Å². The Morgan fingerprint density at radius 1 is 0.767 bits per heavy atom. The fourth-order valence-corrected chi connectivity index (χ4v) is 3.62. The molecule has 5 rings (SSSR count). The van der Waals surface area contributed by atoms with E-state index in [-0.39, 0.29) is 5.91 Å². The molecule has 1 saturated heterocycles. The van der Waals surface area contributed by atoms with Crippen LogP contribution < -0.4 is 4.90 Å². The number of carbonyl (C=O) groups is 1. The van der Waals surface area contributed by atoms with Crippen molar-refractivity contribution in [2.45, 2.75) is 0 Å². The van der Waals surface area contributed by atoms with Gasteiger partial charge in [0, 0.05) is 62.2 Å². The zero-order valence-electron chi connectivity index (χ0n) is 16.4. The third kappa shape index (κ3) is 3.55. The lowest BCUT2D eigenvalue weighted by atomic mass is 10.1. The average molecular weight is 399 g/mol. The zero-order chi connectivity index (χ0) is 20.3. The second kappa shape index (κ2) is 7.82. The van der Waals surface area contributed by atoms with Crippen molar-refractivity contribution in [3.63, 3.8) is 0 Å². The molecule has 1 amide bonds. The lowest BCUT2D eigenvalue weighted by Crippen LogP contribution is -2.49. The highest BCUT2D eigenvalue weighted by atomic mass is 16.2. The summed E-state index contributed by atoms with van der Waals surface area (Å²) in [4.78, 5) is 16.9. The SMILES string of the molecule is O=C(c1ccc(-n2cccc2)cc1)N1CCN(c2ccc(-n3cccn3)nn2)CC1. The highest BCUT2D eigenvalue weighted by Gasteiger charge is 2.23. The largest absolute Gasteiger partial charge is 0.352 e. The smallest absolute Gasteiger partial charge is 0.253 e. The van der Waals surface area contributed by atoms with Gasteiger partial charge in [0.05, 0.1) is 0 Å². The van der Waals surface area contributed by atoms with E-state index in [0.29, 0.717) is 24.5 Å². The second-order valence-corrected chi connectivity index (χ2v) is 7.12. The number of nitrogens with zero attached hydrogens (tertiary/aromatic N) is 7. The molecule has 4 aromatic rings. The van der Waals surface area contributed by atoms with Crippen molar-refractivity contribution in [3.8, 4) is 11.5 Å². The fourth-order valence-electron chi connectivity index (χ4n) is 3.62. The van der Waals surface area contributed by atoms with Crippen LogP contribution in [0.3, 0.4) is 0 Å². The Balaban J connectivity index is 1.21. The Bertz CT molecular complexity index is 1100. The normalized spacial score (nSPS) is 14.1. The van der Waals surface area contributed by atoms with Crippen LogP contribution in [-0.2, 0) is 0 Å². The van der Waals surface area contributed by atoms with Crippen LogP contribution in [0.15, 0.2) is 79.4 Å². The maximum absolute atomic E-state index is 12.9. The number of anilines is 1. The molecule has 0 radical (unpaired) electrons. The summed E-state index contributed by atoms with van der Waals surface area (Å²) in [6, 6.07) is 17.4. The van der Waals surface area contributed by atoms with E-state index in [0.717, 1.165) is 24.6 Å². The Morgan fingerprint density at radius 2 is 1.47 bits per heavy atom. The molecular formula is C22H21N7O. The number of piperazine rings is 1. The first-order valence-corrected chi connectivity index (χ1v) is 9.89. The van der Waals surface area contributed by atoms with E-state index in [1.165, 1.54) is 0 Å². The van der Waals surface area contributed by atoms with Gasteiger partial charge in [0.2, 0.25) is 0 Å². The lowest BCUT2D eigenvalue weighted by molar-refractivity contribution is 0.0746. The van der Waals surface area contributed by atoms with Crippen LogP contribution in [0.4, 0.5) is 5.82 Å². The molecule has 30 heavy (non-hydrogen) atoms. The van der Waals surface area contributed by atoms with Gasteiger partial charge in [-0.05, 0) is 54.6 Å². The van der Waals surface area contributed by atoms with Gasteiger partial charge in [-0.1, -0.05) is 0 Å². The summed E-state index contributed by atoms with van der Waals surface area (Å²) in [7, 11) is 0. The van der Waals surface area contributed by atoms with Crippen LogP contribution in [0, 0.1) is 0 Å². The summed E-state index contributed by atoms with van der Waals surface area (Å²) in [5.74, 6) is 1.56. The number of benzene rings is 1. The number of amides is 1. The van der Waals surface area contributed by atoms with Crippen molar-refractivity contribution in [3.05, 3.63) is 84.9 Å². The van der Waals surface area contributed by atoms with Crippen LogP contribution in [0.1, 0.15) is 10.4 Å². The zero-order valence-corrected chi connectivity index (χ0v) is 16.4. The van der Waals surface area contributed by atoms with Crippen molar-refractivity contribution in [2.24, 2.45) is 0 Å². The van der Waals surface area contributed by atoms with Gasteiger partial charge in [0.1, 0.15) is 0 Å². The van der Waals surface area contributed by atoms with Crippen molar-refractivity contribution in [1.82, 2.24) is 29.4 Å². The molecular weight excluding hydrogens is 378 g/mol. The van der Waals surface area contributed by atoms with Gasteiger partial charge in [-0.15, -0.1) is 10.2 Å². The van der Waals surface area contributed by atoms with Gasteiger partial charge in [-0.25, -0.2) is 4.68 Å². The molecule has 0 N–H and O–H groups in total. The van der Waals surface area contributed by atoms with E-state index in [9.17, 15) is 4.79 Å². The number of hydrogen-bond acceptors (Lipinski definition) is 5. The molecule has 8 heteroatoms. The van der Waals surface area contributed by atoms with Gasteiger partial charge >= 0.3 is 0 Å². The van der Waals surface area contributed by atoms with Gasteiger partial charge in [0.15, 0.2) is 11.6 Å². The first-order chi connectivity index (χ1) is 14.8. The molecule has 0 aliphatic carbocycles. The molecule has 1 aliphatic rings. The molecule has 0 atom stereocenters. The van der Waals surface area contributed by atoms with E-state index >= 15 is 0 Å². The second-order valence-electron chi connectivity index (χ2n) is 7.12. The molecule has 0 saturated carbocycles. The standard InChI is InChI=1S/C22H21N7O/c30-22(18-4-6-19(7-5-18)26-11-1-2-12-26)28-16-14-27(15-17-28)20-8-9-21(25-24-20)29-13-3-10-23-29/h1-13H,14-17H2. The third-order valence-corrected chi connectivity index (χ3v) is 5.28. The van der Waals surface area contributed by atoms with Crippen molar-refractivity contribution < 1.29 is 4.79 Å². The van der Waals surface area contributed by atoms with Crippen molar-refractivity contribution in [1.29, 1.82) is 0 Å². The van der Waals surface area contributed by atoms with E-state index in [2.05, 4.69) is 20.2 Å². The van der Waals surface area contributed by atoms with E-state index < -0.39 is 0 Å². The van der Waals surface area contributed by atoms with E-state index in [4.69, 9.17) is 0 Å². The summed E-state index contributed by atoms with van der Waals surface area (Å²) in [6.07, 6.45) is 7.51. The van der Waals surface area contributed by atoms with Gasteiger partial charge < -0.3 is 14.4 Å². The fraction of sp³-hybridized carbons (Fsp3) is 0.182. The molecule has 3 aromatic heterocycles. The number of aromatic nitrogens is 5. The van der Waals surface area contributed by atoms with Gasteiger partial charge in [-0.2, -0.15) is 5.10 Å². The highest BCUT2D eigenvalue weighted by molar-refractivity contribution is 5.94. The maximum atomic E-state index is 12.9. The molecule has 1 aromatic carbocycles. The minimum absolute atomic E-state index is 0.0637. The third-order valence-electron chi connectivity index (χ3n) is 5.28. The number of carbonyl (C=O) groups excluding carboxylic acids is 1. The number of rotatable bonds is 4. The Hall–Kier alpha value is -3.94. The maximum Gasteiger partial charge on any atom is 0.253 e. The van der Waals surface area contributed by atoms with Crippen molar-refractivity contribution >= 4 is 11.7 Å². The summed E-state index contributed by atoms with van der Waals surface area (Å²) in [5.41, 5.74) is 1.75. The molecule has 0 spiro atoms. The topological polar surface area (TPSA) is 72.1 Å². The quantitative estimate of drug-likeness (QED) is 0.527. The van der Waals surface area contributed by atoms with E-state index in [1.807, 2.05) is 82.7 Å². The minimum Gasteiger partial charge on any atom is -0.352 e. The summed E-state index contributed by atoms with van der Waals surface area (Å²) < 4.78 is 3.70. The van der Waals surface area contributed by atoms with Gasteiger partial charge in [0.25, 0.3) is 5.91 Å². The predicted octanol–water partition coefficient (Wildman–Crippen LogP) is 2.42. The van der Waals surface area contributed by atoms with Gasteiger partial charge in [-0.3, -0.25) is 4.79 Å². The minimum atomic E-state index is 0.0637. The molecule has 8 nitrogen and oxygen atoms in total. The Morgan fingerprint density at radius 3 is 2.10 bits per heavy atom. The summed E-state index contributed by atoms with van der Waals surface area (Å²) in [6.45, 7) is 2.76. The highest BCUT2D eigenvalue weighted by Crippen LogP contribution is 2.17. The molecule has 150 valence electrons. The molecule has 0 bridgehead atoms. The first-order valence-electron chi connectivity index (χ1n) is 9.89. The summed E-state index contributed by atoms with van der Waals surface area (Å²) in [5, 5.41) is 12.7. The van der Waals surface area contributed by atoms with Crippen molar-refractivity contribution in [2.75, 3.05) is 31.1 Å². The summed E-state index contributed by atoms with van der Waals surface area (Å²) >= 11 is 0. The molecule has 1 fully saturated rings. The van der Waals surface area contributed by atoms with Crippen LogP contribution in [-0.4, -0.2) is 61.5 Å². The monoisotopic (exact) mass is 399 g/mol. The first kappa shape index (κ1) is 18.1. The number of hydrogen-bond donors (Lipinski definition) is 0. The van der Waals surface area contributed by atoms with Crippen LogP contribution in [0.2, 0.25) is 0 Å². The molecule has 0 unspecified atom stereocenters. The van der Waals surface area contributed by atoms with Crippen LogP contribution >= 0.6 is 0 Å². The molecule has 1 aliphatic heterocycles. The van der Waals surface area contributed by atoms with E-state index in [1.54, 1.807) is 10.9 Å². The Kier molecular flexibility index (Phi) is 4.72. The van der Waals surface area contributed by atoms with Crippen LogP contribution in [0.5, 0.6) is 0 Å².